The molecular weight excluding hydrogens is 264 g/mol. The molecule has 20 heavy (non-hydrogen) atoms. The number of aromatic nitrogens is 1. The third-order valence-corrected chi connectivity index (χ3v) is 6.79. The molecule has 4 aliphatic rings. The van der Waals surface area contributed by atoms with Gasteiger partial charge in [-0.1, -0.05) is 0 Å². The number of hydrogen-bond donors (Lipinski definition) is 1. The molecule has 110 valence electrons. The van der Waals surface area contributed by atoms with Crippen LogP contribution in [0.4, 0.5) is 0 Å². The van der Waals surface area contributed by atoms with E-state index in [2.05, 4.69) is 22.6 Å². The summed E-state index contributed by atoms with van der Waals surface area (Å²) in [6.07, 6.45) is 10.7. The topological polar surface area (TPSA) is 24.9 Å². The Kier molecular flexibility index (Phi) is 3.38. The molecule has 1 aromatic heterocycles. The Morgan fingerprint density at radius 3 is 2.40 bits per heavy atom. The number of nitrogens with one attached hydrogen (secondary N) is 1. The summed E-state index contributed by atoms with van der Waals surface area (Å²) in [6.45, 7) is 4.23. The van der Waals surface area contributed by atoms with E-state index in [0.29, 0.717) is 0 Å². The van der Waals surface area contributed by atoms with Crippen LogP contribution in [0.3, 0.4) is 0 Å². The van der Waals surface area contributed by atoms with Gasteiger partial charge in [0.1, 0.15) is 0 Å². The van der Waals surface area contributed by atoms with Gasteiger partial charge < -0.3 is 5.32 Å². The van der Waals surface area contributed by atoms with Crippen molar-refractivity contribution in [2.75, 3.05) is 6.54 Å². The zero-order chi connectivity index (χ0) is 13.6. The zero-order valence-electron chi connectivity index (χ0n) is 12.5. The highest BCUT2D eigenvalue weighted by molar-refractivity contribution is 7.09. The van der Waals surface area contributed by atoms with Crippen molar-refractivity contribution >= 4 is 11.3 Å². The van der Waals surface area contributed by atoms with Crippen LogP contribution in [0.15, 0.2) is 5.38 Å². The van der Waals surface area contributed by atoms with E-state index in [4.69, 9.17) is 0 Å². The molecule has 0 aliphatic heterocycles. The first kappa shape index (κ1) is 13.3. The molecule has 4 bridgehead atoms. The first-order chi connectivity index (χ1) is 9.71. The predicted molar refractivity (Wildman–Crippen MR) is 83.8 cm³/mol. The van der Waals surface area contributed by atoms with Gasteiger partial charge in [-0.2, -0.15) is 0 Å². The van der Waals surface area contributed by atoms with Crippen LogP contribution in [0.1, 0.15) is 55.6 Å². The number of rotatable bonds is 5. The van der Waals surface area contributed by atoms with Crippen molar-refractivity contribution in [1.29, 1.82) is 0 Å². The summed E-state index contributed by atoms with van der Waals surface area (Å²) in [5, 5.41) is 7.00. The van der Waals surface area contributed by atoms with Gasteiger partial charge in [0.2, 0.25) is 0 Å². The van der Waals surface area contributed by atoms with E-state index in [1.54, 1.807) is 30.6 Å². The van der Waals surface area contributed by atoms with Gasteiger partial charge in [0, 0.05) is 11.9 Å². The van der Waals surface area contributed by atoms with Gasteiger partial charge in [0.15, 0.2) is 0 Å². The molecule has 4 fully saturated rings. The minimum absolute atomic E-state index is 0.722. The summed E-state index contributed by atoms with van der Waals surface area (Å²) in [7, 11) is 0. The minimum atomic E-state index is 0.722. The van der Waals surface area contributed by atoms with Gasteiger partial charge in [-0.25, -0.2) is 4.98 Å². The molecule has 3 heteroatoms. The van der Waals surface area contributed by atoms with Crippen molar-refractivity contribution in [1.82, 2.24) is 10.3 Å². The van der Waals surface area contributed by atoms with E-state index in [1.807, 2.05) is 0 Å². The van der Waals surface area contributed by atoms with Gasteiger partial charge in [-0.3, -0.25) is 0 Å². The molecule has 0 radical (unpaired) electrons. The van der Waals surface area contributed by atoms with E-state index in [0.717, 1.165) is 29.7 Å². The fraction of sp³-hybridized carbons (Fsp3) is 0.824. The molecule has 2 nitrogen and oxygen atoms in total. The van der Waals surface area contributed by atoms with Gasteiger partial charge >= 0.3 is 0 Å². The maximum Gasteiger partial charge on any atom is 0.0897 e. The molecule has 5 rings (SSSR count). The molecule has 0 spiro atoms. The lowest BCUT2D eigenvalue weighted by atomic mass is 9.49. The molecular formula is C17H26N2S. The van der Waals surface area contributed by atoms with Crippen LogP contribution in [-0.4, -0.2) is 11.5 Å². The molecule has 0 amide bonds. The van der Waals surface area contributed by atoms with Crippen LogP contribution < -0.4 is 5.32 Å². The van der Waals surface area contributed by atoms with Crippen LogP contribution in [-0.2, 0) is 6.54 Å². The van der Waals surface area contributed by atoms with Gasteiger partial charge in [0.25, 0.3) is 0 Å². The van der Waals surface area contributed by atoms with Crippen molar-refractivity contribution in [2.24, 2.45) is 23.2 Å². The standard InChI is InChI=1S/C17H26N2S/c1-12-19-16(11-20-12)10-18-3-2-17-7-13-4-14(8-17)6-15(5-13)9-17/h11,13-15,18H,2-10H2,1H3. The highest BCUT2D eigenvalue weighted by Gasteiger charge is 2.50. The average molecular weight is 290 g/mol. The molecule has 0 aromatic carbocycles. The summed E-state index contributed by atoms with van der Waals surface area (Å²) >= 11 is 1.76. The number of thiazole rings is 1. The van der Waals surface area contributed by atoms with E-state index in [-0.39, 0.29) is 0 Å². The SMILES string of the molecule is Cc1nc(CNCCC23CC4CC(CC(C4)C2)C3)cs1. The normalized spacial score (nSPS) is 38.5. The molecule has 1 N–H and O–H groups in total. The van der Waals surface area contributed by atoms with E-state index in [1.165, 1.54) is 42.9 Å². The van der Waals surface area contributed by atoms with Crippen LogP contribution in [0.5, 0.6) is 0 Å². The fourth-order valence-corrected chi connectivity index (χ4v) is 6.27. The molecule has 4 saturated carbocycles. The van der Waals surface area contributed by atoms with Crippen LogP contribution in [0, 0.1) is 30.1 Å². The Balaban J connectivity index is 1.29. The maximum absolute atomic E-state index is 4.53. The van der Waals surface area contributed by atoms with Crippen molar-refractivity contribution in [3.05, 3.63) is 16.1 Å². The Hall–Kier alpha value is -0.410. The Labute approximate surface area is 126 Å². The van der Waals surface area contributed by atoms with E-state index in [9.17, 15) is 0 Å². The van der Waals surface area contributed by atoms with Crippen molar-refractivity contribution in [3.8, 4) is 0 Å². The molecule has 0 unspecified atom stereocenters. The monoisotopic (exact) mass is 290 g/mol. The fourth-order valence-electron chi connectivity index (χ4n) is 5.66. The van der Waals surface area contributed by atoms with Crippen molar-refractivity contribution in [3.63, 3.8) is 0 Å². The lowest BCUT2D eigenvalue weighted by molar-refractivity contribution is -0.0567. The van der Waals surface area contributed by atoms with Crippen LogP contribution >= 0.6 is 11.3 Å². The van der Waals surface area contributed by atoms with Gasteiger partial charge in [-0.05, 0) is 81.6 Å². The second kappa shape index (κ2) is 5.10. The molecule has 1 aromatic rings. The first-order valence-corrected chi connectivity index (χ1v) is 9.20. The Bertz CT molecular complexity index is 444. The lowest BCUT2D eigenvalue weighted by Gasteiger charge is -2.57. The minimum Gasteiger partial charge on any atom is -0.311 e. The Morgan fingerprint density at radius 2 is 1.85 bits per heavy atom. The third-order valence-electron chi connectivity index (χ3n) is 5.97. The summed E-state index contributed by atoms with van der Waals surface area (Å²) < 4.78 is 0. The van der Waals surface area contributed by atoms with Gasteiger partial charge in [-0.15, -0.1) is 11.3 Å². The summed E-state index contributed by atoms with van der Waals surface area (Å²) in [5.41, 5.74) is 1.94. The second-order valence-corrected chi connectivity index (χ2v) is 8.76. The molecule has 4 aliphatic carbocycles. The zero-order valence-corrected chi connectivity index (χ0v) is 13.3. The summed E-state index contributed by atoms with van der Waals surface area (Å²) in [4.78, 5) is 4.53. The Morgan fingerprint density at radius 1 is 1.20 bits per heavy atom. The van der Waals surface area contributed by atoms with Crippen LogP contribution in [0.25, 0.3) is 0 Å². The lowest BCUT2D eigenvalue weighted by Crippen LogP contribution is -2.47. The van der Waals surface area contributed by atoms with Crippen LogP contribution in [0.2, 0.25) is 0 Å². The van der Waals surface area contributed by atoms with E-state index >= 15 is 0 Å². The van der Waals surface area contributed by atoms with E-state index < -0.39 is 0 Å². The van der Waals surface area contributed by atoms with Gasteiger partial charge in [0.05, 0.1) is 10.7 Å². The number of hydrogen-bond acceptors (Lipinski definition) is 3. The highest BCUT2D eigenvalue weighted by atomic mass is 32.1. The first-order valence-electron chi connectivity index (χ1n) is 8.32. The van der Waals surface area contributed by atoms with Crippen molar-refractivity contribution in [2.45, 2.75) is 58.4 Å². The second-order valence-electron chi connectivity index (χ2n) is 7.70. The predicted octanol–water partition coefficient (Wildman–Crippen LogP) is 4.15. The third kappa shape index (κ3) is 2.55. The quantitative estimate of drug-likeness (QED) is 0.824. The highest BCUT2D eigenvalue weighted by Crippen LogP contribution is 2.61. The number of nitrogens with zero attached hydrogens (tertiary/aromatic N) is 1. The van der Waals surface area contributed by atoms with Crippen molar-refractivity contribution < 1.29 is 0 Å². The largest absolute Gasteiger partial charge is 0.311 e. The summed E-state index contributed by atoms with van der Waals surface area (Å²) in [5.74, 6) is 3.26. The average Bonchev–Trinajstić information content (AvgIpc) is 2.79. The molecule has 0 saturated heterocycles. The smallest absolute Gasteiger partial charge is 0.0897 e. The molecule has 0 atom stereocenters. The number of aryl methyl sites for hydroxylation is 1. The maximum atomic E-state index is 4.53. The molecule has 1 heterocycles. The summed E-state index contributed by atoms with van der Waals surface area (Å²) in [6, 6.07) is 0.